The van der Waals surface area contributed by atoms with Crippen LogP contribution >= 0.6 is 11.6 Å². The highest BCUT2D eigenvalue weighted by Crippen LogP contribution is 2.30. The molecule has 4 aromatic rings. The number of amides is 3. The lowest BCUT2D eigenvalue weighted by Crippen LogP contribution is -2.33. The second-order valence-electron chi connectivity index (χ2n) is 12.2. The molecule has 1 fully saturated rings. The third-order valence-electron chi connectivity index (χ3n) is 7.92. The maximum Gasteiger partial charge on any atom is 0.490 e. The molecule has 22 heteroatoms. The average Bonchev–Trinajstić information content (AvgIpc) is 3.61. The Kier molecular flexibility index (Phi) is 14.2. The number of hydrogen-bond donors (Lipinski definition) is 6. The maximum atomic E-state index is 13.2. The quantitative estimate of drug-likeness (QED) is 0.113. The molecule has 57 heavy (non-hydrogen) atoms. The number of rotatable bonds is 4. The number of carboxylic acid groups (broad SMARTS) is 2. The van der Waals surface area contributed by atoms with Gasteiger partial charge in [0.05, 0.1) is 29.7 Å². The predicted octanol–water partition coefficient (Wildman–Crippen LogP) is 7.13. The molecule has 3 amide bonds. The van der Waals surface area contributed by atoms with Crippen molar-refractivity contribution in [1.82, 2.24) is 19.9 Å². The lowest BCUT2D eigenvalue weighted by molar-refractivity contribution is -0.193. The van der Waals surface area contributed by atoms with Gasteiger partial charge in [-0.2, -0.15) is 36.6 Å². The molecular weight excluding hydrogens is 792 g/mol. The smallest absolute Gasteiger partial charge is 0.475 e. The zero-order valence-electron chi connectivity index (χ0n) is 29.1. The van der Waals surface area contributed by atoms with Crippen LogP contribution in [0.5, 0.6) is 0 Å². The highest BCUT2D eigenvalue weighted by atomic mass is 35.5. The van der Waals surface area contributed by atoms with Gasteiger partial charge in [-0.3, -0.25) is 9.78 Å². The number of nitriles is 1. The van der Waals surface area contributed by atoms with Gasteiger partial charge < -0.3 is 36.4 Å². The van der Waals surface area contributed by atoms with E-state index >= 15 is 0 Å². The third-order valence-corrected chi connectivity index (χ3v) is 8.19. The van der Waals surface area contributed by atoms with Crippen LogP contribution in [0.1, 0.15) is 29.5 Å². The Morgan fingerprint density at radius 3 is 2.19 bits per heavy atom. The molecule has 6 bridgehead atoms. The highest BCUT2D eigenvalue weighted by molar-refractivity contribution is 6.32. The van der Waals surface area contributed by atoms with Crippen LogP contribution in [-0.4, -0.2) is 79.4 Å². The van der Waals surface area contributed by atoms with Crippen LogP contribution in [0, 0.1) is 17.2 Å². The number of halogens is 7. The van der Waals surface area contributed by atoms with Crippen molar-refractivity contribution in [3.8, 4) is 6.07 Å². The van der Waals surface area contributed by atoms with E-state index in [-0.39, 0.29) is 17.9 Å². The van der Waals surface area contributed by atoms with Crippen molar-refractivity contribution in [1.29, 1.82) is 5.26 Å². The molecule has 6 N–H and O–H groups in total. The molecule has 2 aromatic heterocycles. The molecule has 0 aliphatic carbocycles. The number of benzene rings is 2. The summed E-state index contributed by atoms with van der Waals surface area (Å²) in [5.74, 6) is -4.71. The number of urea groups is 1. The van der Waals surface area contributed by atoms with Gasteiger partial charge in [0.15, 0.2) is 5.82 Å². The Balaban J connectivity index is 0.000000440. The van der Waals surface area contributed by atoms with E-state index in [1.807, 2.05) is 30.5 Å². The molecule has 2 aliphatic heterocycles. The van der Waals surface area contributed by atoms with Crippen LogP contribution in [0.2, 0.25) is 5.02 Å². The number of nitrogens with one attached hydrogen (secondary N) is 4. The van der Waals surface area contributed by atoms with Crippen LogP contribution in [0.4, 0.5) is 65.7 Å². The molecule has 4 heterocycles. The van der Waals surface area contributed by atoms with Crippen molar-refractivity contribution < 1.29 is 55.7 Å². The molecule has 2 aliphatic rings. The normalized spacial score (nSPS) is 14.4. The van der Waals surface area contributed by atoms with E-state index in [4.69, 9.17) is 36.7 Å². The van der Waals surface area contributed by atoms with E-state index in [2.05, 4.69) is 42.3 Å². The average molecular weight is 822 g/mol. The molecule has 0 radical (unpaired) electrons. The number of fused-ring (bicyclic) bond motifs is 6. The van der Waals surface area contributed by atoms with Crippen molar-refractivity contribution in [2.45, 2.75) is 38.0 Å². The number of carboxylic acids is 2. The number of nitrogens with zero attached hydrogens (tertiary/aromatic N) is 5. The number of carbonyl (C=O) groups excluding carboxylic acids is 2. The summed E-state index contributed by atoms with van der Waals surface area (Å²) in [7, 11) is 0. The summed E-state index contributed by atoms with van der Waals surface area (Å²) in [4.78, 5) is 58.6. The van der Waals surface area contributed by atoms with E-state index in [0.717, 1.165) is 34.6 Å². The molecule has 0 saturated carbocycles. The number of hydrogen-bond acceptors (Lipinski definition) is 10. The van der Waals surface area contributed by atoms with Crippen molar-refractivity contribution >= 4 is 70.0 Å². The Morgan fingerprint density at radius 2 is 1.56 bits per heavy atom. The minimum Gasteiger partial charge on any atom is -0.475 e. The van der Waals surface area contributed by atoms with Crippen LogP contribution in [-0.2, 0) is 27.2 Å². The summed E-state index contributed by atoms with van der Waals surface area (Å²) >= 11 is 6.37. The molecule has 1 atom stereocenters. The Bertz CT molecular complexity index is 2130. The number of likely N-dealkylation sites (tertiary alicyclic amines) is 1. The van der Waals surface area contributed by atoms with Crippen molar-refractivity contribution in [2.75, 3.05) is 34.4 Å². The number of pyridine rings is 1. The number of aromatic nitrogens is 3. The van der Waals surface area contributed by atoms with E-state index in [9.17, 15) is 35.9 Å². The van der Waals surface area contributed by atoms with Gasteiger partial charge in [-0.1, -0.05) is 11.6 Å². The van der Waals surface area contributed by atoms with Gasteiger partial charge in [-0.15, -0.1) is 0 Å². The van der Waals surface area contributed by atoms with Crippen molar-refractivity contribution in [3.63, 3.8) is 0 Å². The fourth-order valence-electron chi connectivity index (χ4n) is 5.23. The molecule has 300 valence electrons. The van der Waals surface area contributed by atoms with Gasteiger partial charge in [-0.05, 0) is 84.8 Å². The Hall–Kier alpha value is -6.69. The summed E-state index contributed by atoms with van der Waals surface area (Å²) in [5, 5.41) is 36.0. The summed E-state index contributed by atoms with van der Waals surface area (Å²) in [6.45, 7) is 1.06. The lowest BCUT2D eigenvalue weighted by Gasteiger charge is -2.18. The van der Waals surface area contributed by atoms with Crippen LogP contribution in [0.15, 0.2) is 67.1 Å². The Morgan fingerprint density at radius 1 is 0.895 bits per heavy atom. The van der Waals surface area contributed by atoms with E-state index < -0.39 is 24.3 Å². The van der Waals surface area contributed by atoms with Gasteiger partial charge in [0.25, 0.3) is 0 Å². The molecule has 0 spiro atoms. The second-order valence-corrected chi connectivity index (χ2v) is 12.6. The van der Waals surface area contributed by atoms with Crippen molar-refractivity contribution in [2.24, 2.45) is 5.92 Å². The van der Waals surface area contributed by atoms with E-state index in [0.29, 0.717) is 60.4 Å². The first-order chi connectivity index (χ1) is 26.8. The first-order valence-electron chi connectivity index (χ1n) is 16.4. The summed E-state index contributed by atoms with van der Waals surface area (Å²) in [6.07, 6.45) is -2.68. The van der Waals surface area contributed by atoms with Crippen LogP contribution in [0.3, 0.4) is 0 Å². The summed E-state index contributed by atoms with van der Waals surface area (Å²) in [6, 6.07) is 16.3. The van der Waals surface area contributed by atoms with Crippen LogP contribution < -0.4 is 21.3 Å². The molecule has 0 unspecified atom stereocenters. The fourth-order valence-corrected chi connectivity index (χ4v) is 5.37. The summed E-state index contributed by atoms with van der Waals surface area (Å²) in [5.41, 5.74) is 5.41. The summed E-state index contributed by atoms with van der Waals surface area (Å²) < 4.78 is 63.5. The largest absolute Gasteiger partial charge is 0.490 e. The minimum absolute atomic E-state index is 0.0492. The second kappa shape index (κ2) is 18.8. The minimum atomic E-state index is -5.08. The van der Waals surface area contributed by atoms with Gasteiger partial charge in [0.1, 0.15) is 5.02 Å². The molecular formula is C35H30ClF6N9O6. The lowest BCUT2D eigenvalue weighted by atomic mass is 10.0. The maximum absolute atomic E-state index is 13.2. The number of aliphatic carboxylic acids is 2. The number of aryl methyl sites for hydroxylation is 2. The number of alkyl halides is 6. The molecule has 2 aromatic carbocycles. The standard InChI is InChI=1S/C31H28ClN9O2.2C2HF3O2/c32-26-17-35-30-37-25-11-20(15-34-16-25)1-4-22-13-24(36-29(26)40-30)7-8-27(22)39-28(42)12-21-9-10-41(18-21)31(43)38-23-5-2-19(14-33)3-6-23;2*3-2(4,5)1(6)7/h2-3,5-8,11,13,15-17,21H,1,4,9-10,12,18H2,(H,38,43)(H,39,42)(H2,35,36,37,40);2*(H,6,7)/t21-;;/m0../s1. The van der Waals surface area contributed by atoms with E-state index in [1.54, 1.807) is 35.4 Å². The predicted molar refractivity (Wildman–Crippen MR) is 192 cm³/mol. The van der Waals surface area contributed by atoms with E-state index in [1.165, 1.54) is 6.20 Å². The number of anilines is 6. The molecule has 15 nitrogen and oxygen atoms in total. The highest BCUT2D eigenvalue weighted by Gasteiger charge is 2.39. The Labute approximate surface area is 323 Å². The first-order valence-corrected chi connectivity index (χ1v) is 16.8. The number of carbonyl (C=O) groups is 4. The third kappa shape index (κ3) is 13.2. The zero-order valence-corrected chi connectivity index (χ0v) is 29.8. The monoisotopic (exact) mass is 821 g/mol. The first kappa shape index (κ1) is 43.0. The SMILES string of the molecule is N#Cc1ccc(NC(=O)N2CC[C@@H](CC(=O)Nc3ccc4cc3CCc3cncc(c3)Nc3ncc(Cl)c(n3)N4)C2)cc1.O=C(O)C(F)(F)F.O=C(O)C(F)(F)F. The van der Waals surface area contributed by atoms with Gasteiger partial charge in [-0.25, -0.2) is 19.4 Å². The zero-order chi connectivity index (χ0) is 41.9. The van der Waals surface area contributed by atoms with Crippen molar-refractivity contribution in [3.05, 3.63) is 88.8 Å². The molecule has 1 saturated heterocycles. The molecule has 6 rings (SSSR count). The van der Waals surface area contributed by atoms with Crippen LogP contribution in [0.25, 0.3) is 0 Å². The fraction of sp³-hybridized carbons (Fsp3) is 0.257. The van der Waals surface area contributed by atoms with Gasteiger partial charge in [0.2, 0.25) is 11.9 Å². The topological polar surface area (TPSA) is 223 Å². The van der Waals surface area contributed by atoms with Gasteiger partial charge >= 0.3 is 30.3 Å². The van der Waals surface area contributed by atoms with Gasteiger partial charge in [0, 0.05) is 42.8 Å².